The van der Waals surface area contributed by atoms with Crippen LogP contribution >= 0.6 is 0 Å². The number of rotatable bonds is 3. The van der Waals surface area contributed by atoms with Crippen LogP contribution in [-0.4, -0.2) is 14.0 Å². The second-order valence-corrected chi connectivity index (χ2v) is 5.82. The Morgan fingerprint density at radius 3 is 2.25 bits per heavy atom. The van der Waals surface area contributed by atoms with Gasteiger partial charge in [-0.25, -0.2) is 13.6 Å². The molecule has 0 heterocycles. The van der Waals surface area contributed by atoms with Crippen molar-refractivity contribution in [3.05, 3.63) is 29.8 Å². The summed E-state index contributed by atoms with van der Waals surface area (Å²) in [7, 11) is -3.63. The van der Waals surface area contributed by atoms with Crippen molar-refractivity contribution in [1.29, 1.82) is 0 Å². The minimum absolute atomic E-state index is 0. The van der Waals surface area contributed by atoms with Gasteiger partial charge in [0.2, 0.25) is 0 Å². The molecule has 0 unspecified atom stereocenters. The first-order chi connectivity index (χ1) is 6.68. The Kier molecular flexibility index (Phi) is 5.16. The van der Waals surface area contributed by atoms with Crippen molar-refractivity contribution in [3.63, 3.8) is 0 Å². The van der Waals surface area contributed by atoms with E-state index in [0.29, 0.717) is 6.42 Å². The van der Waals surface area contributed by atoms with Gasteiger partial charge in [0, 0.05) is 22.6 Å². The maximum atomic E-state index is 11.0. The molecule has 1 aromatic carbocycles. The van der Waals surface area contributed by atoms with Crippen LogP contribution in [0.4, 0.5) is 0 Å². The Bertz CT molecular complexity index is 435. The van der Waals surface area contributed by atoms with Crippen molar-refractivity contribution in [3.8, 4) is 0 Å². The van der Waals surface area contributed by atoms with Crippen LogP contribution in [0.1, 0.15) is 19.4 Å². The molecule has 0 aromatic heterocycles. The monoisotopic (exact) mass is 283 g/mol. The molecule has 4 N–H and O–H groups in total. The van der Waals surface area contributed by atoms with Crippen molar-refractivity contribution in [2.45, 2.75) is 30.7 Å². The van der Waals surface area contributed by atoms with E-state index in [2.05, 4.69) is 6.07 Å². The molecular formula is C10H15FeN2O2S-. The van der Waals surface area contributed by atoms with Gasteiger partial charge in [-0.2, -0.15) is 29.8 Å². The second kappa shape index (κ2) is 5.29. The summed E-state index contributed by atoms with van der Waals surface area (Å²) < 4.78 is 21.9. The average molecular weight is 283 g/mol. The first-order valence-corrected chi connectivity index (χ1v) is 6.05. The minimum Gasteiger partial charge on any atom is -0.325 e. The Morgan fingerprint density at radius 2 is 1.94 bits per heavy atom. The molecule has 6 heteroatoms. The van der Waals surface area contributed by atoms with E-state index < -0.39 is 10.0 Å². The summed E-state index contributed by atoms with van der Waals surface area (Å²) in [6.45, 7) is 3.79. The minimum atomic E-state index is -3.63. The van der Waals surface area contributed by atoms with E-state index in [-0.39, 0.29) is 27.5 Å². The molecule has 1 rings (SSSR count). The Balaban J connectivity index is 0.00000225. The number of benzene rings is 1. The van der Waals surface area contributed by atoms with Gasteiger partial charge < -0.3 is 5.73 Å². The zero-order valence-electron chi connectivity index (χ0n) is 9.17. The van der Waals surface area contributed by atoms with Crippen molar-refractivity contribution < 1.29 is 25.5 Å². The molecule has 0 aliphatic heterocycles. The number of hydrogen-bond acceptors (Lipinski definition) is 3. The zero-order chi connectivity index (χ0) is 11.7. The second-order valence-electron chi connectivity index (χ2n) is 4.26. The quantitative estimate of drug-likeness (QED) is 0.622. The summed E-state index contributed by atoms with van der Waals surface area (Å²) in [6.07, 6.45) is 0.637. The van der Waals surface area contributed by atoms with Gasteiger partial charge in [0.25, 0.3) is 0 Å². The standard InChI is InChI=1S/C10H15N2O2S.Fe/c1-10(2,11)7-8-3-5-9(6-4-8)15(12,13)14;/h3,5-6H,7,11H2,1-2H3,(H2,12,13,14);/q-1;. The fourth-order valence-corrected chi connectivity index (χ4v) is 1.70. The van der Waals surface area contributed by atoms with Crippen molar-refractivity contribution in [2.75, 3.05) is 0 Å². The molecule has 0 bridgehead atoms. The molecule has 0 atom stereocenters. The fraction of sp³-hybridized carbons (Fsp3) is 0.400. The largest absolute Gasteiger partial charge is 0.325 e. The summed E-state index contributed by atoms with van der Waals surface area (Å²) in [5.74, 6) is 0. The summed E-state index contributed by atoms with van der Waals surface area (Å²) in [4.78, 5) is 0.0704. The van der Waals surface area contributed by atoms with Gasteiger partial charge in [0.15, 0.2) is 10.0 Å². The van der Waals surface area contributed by atoms with Crippen molar-refractivity contribution in [2.24, 2.45) is 10.9 Å². The summed E-state index contributed by atoms with van der Waals surface area (Å²) in [6, 6.07) is 7.37. The molecule has 1 aromatic rings. The predicted octanol–water partition coefficient (Wildman–Crippen LogP) is 0.411. The Morgan fingerprint density at radius 1 is 1.38 bits per heavy atom. The smallest absolute Gasteiger partial charge is 0.191 e. The average Bonchev–Trinajstić information content (AvgIpc) is 2.00. The van der Waals surface area contributed by atoms with Gasteiger partial charge in [-0.15, -0.1) is 0 Å². The number of sulfonamides is 1. The first kappa shape index (κ1) is 15.6. The van der Waals surface area contributed by atoms with Gasteiger partial charge >= 0.3 is 0 Å². The SMILES string of the molecule is CC(C)(N)Cc1[c-]cc(S(N)(=O)=O)cc1.[Fe]. The topological polar surface area (TPSA) is 86.2 Å². The van der Waals surface area contributed by atoms with Gasteiger partial charge in [-0.1, -0.05) is 0 Å². The molecule has 0 amide bonds. The maximum absolute atomic E-state index is 11.0. The summed E-state index contributed by atoms with van der Waals surface area (Å²) in [5.41, 5.74) is 6.36. The van der Waals surface area contributed by atoms with Gasteiger partial charge in [-0.05, 0) is 25.2 Å². The third-order valence-electron chi connectivity index (χ3n) is 1.82. The van der Waals surface area contributed by atoms with Crippen LogP contribution in [0.25, 0.3) is 0 Å². The molecular weight excluding hydrogens is 268 g/mol. The van der Waals surface area contributed by atoms with E-state index in [4.69, 9.17) is 10.9 Å². The third kappa shape index (κ3) is 5.09. The van der Waals surface area contributed by atoms with E-state index >= 15 is 0 Å². The van der Waals surface area contributed by atoms with E-state index in [9.17, 15) is 8.42 Å². The van der Waals surface area contributed by atoms with Gasteiger partial charge in [0.05, 0.1) is 0 Å². The van der Waals surface area contributed by atoms with E-state index in [1.807, 2.05) is 13.8 Å². The number of nitrogens with two attached hydrogens (primary N) is 2. The van der Waals surface area contributed by atoms with Crippen molar-refractivity contribution in [1.82, 2.24) is 0 Å². The molecule has 0 spiro atoms. The molecule has 0 saturated heterocycles. The van der Waals surface area contributed by atoms with Gasteiger partial charge in [0.1, 0.15) is 0 Å². The number of hydrogen-bond donors (Lipinski definition) is 2. The number of primary sulfonamides is 1. The molecule has 0 aliphatic rings. The van der Waals surface area contributed by atoms with Crippen molar-refractivity contribution >= 4 is 10.0 Å². The molecule has 0 saturated carbocycles. The van der Waals surface area contributed by atoms with Crippen LogP contribution in [0.5, 0.6) is 0 Å². The van der Waals surface area contributed by atoms with E-state index in [1.165, 1.54) is 12.1 Å². The predicted molar refractivity (Wildman–Crippen MR) is 58.6 cm³/mol. The molecule has 0 fully saturated rings. The third-order valence-corrected chi connectivity index (χ3v) is 2.73. The van der Waals surface area contributed by atoms with Crippen LogP contribution in [0.2, 0.25) is 0 Å². The van der Waals surface area contributed by atoms with Crippen LogP contribution < -0.4 is 10.9 Å². The molecule has 16 heavy (non-hydrogen) atoms. The molecule has 92 valence electrons. The Labute approximate surface area is 107 Å². The molecule has 0 aliphatic carbocycles. The van der Waals surface area contributed by atoms with Crippen LogP contribution in [0.15, 0.2) is 23.1 Å². The van der Waals surface area contributed by atoms with Crippen LogP contribution in [0, 0.1) is 6.07 Å². The Hall–Kier alpha value is -0.391. The molecule has 0 radical (unpaired) electrons. The van der Waals surface area contributed by atoms with E-state index in [0.717, 1.165) is 5.56 Å². The normalized spacial score (nSPS) is 12.0. The van der Waals surface area contributed by atoms with E-state index in [1.54, 1.807) is 6.07 Å². The first-order valence-electron chi connectivity index (χ1n) is 4.51. The van der Waals surface area contributed by atoms with Crippen LogP contribution in [0.3, 0.4) is 0 Å². The zero-order valence-corrected chi connectivity index (χ0v) is 11.1. The van der Waals surface area contributed by atoms with Gasteiger partial charge in [-0.3, -0.25) is 0 Å². The van der Waals surface area contributed by atoms with Crippen LogP contribution in [-0.2, 0) is 33.5 Å². The fourth-order valence-electron chi connectivity index (χ4n) is 1.22. The maximum Gasteiger partial charge on any atom is 0.191 e. The summed E-state index contributed by atoms with van der Waals surface area (Å²) in [5, 5.41) is 4.96. The summed E-state index contributed by atoms with van der Waals surface area (Å²) >= 11 is 0. The molecule has 4 nitrogen and oxygen atoms in total.